The van der Waals surface area contributed by atoms with Gasteiger partial charge in [0.05, 0.1) is 23.4 Å². The van der Waals surface area contributed by atoms with Crippen molar-refractivity contribution in [2.45, 2.75) is 51.2 Å². The molecular formula is C18H23N3O2S. The highest BCUT2D eigenvalue weighted by atomic mass is 32.1. The zero-order valence-electron chi connectivity index (χ0n) is 13.9. The van der Waals surface area contributed by atoms with E-state index in [-0.39, 0.29) is 12.2 Å². The van der Waals surface area contributed by atoms with E-state index in [0.29, 0.717) is 12.6 Å². The van der Waals surface area contributed by atoms with Crippen molar-refractivity contribution in [1.82, 2.24) is 14.9 Å². The second-order valence-corrected chi connectivity index (χ2v) is 7.60. The quantitative estimate of drug-likeness (QED) is 0.834. The smallest absolute Gasteiger partial charge is 0.100 e. The van der Waals surface area contributed by atoms with Crippen LogP contribution in [0.3, 0.4) is 0 Å². The second kappa shape index (κ2) is 7.27. The average Bonchev–Trinajstić information content (AvgIpc) is 3.18. The van der Waals surface area contributed by atoms with Gasteiger partial charge in [0, 0.05) is 43.5 Å². The topological polar surface area (TPSA) is 47.5 Å². The number of aromatic nitrogens is 2. The van der Waals surface area contributed by atoms with E-state index in [4.69, 9.17) is 9.47 Å². The maximum atomic E-state index is 6.20. The van der Waals surface area contributed by atoms with E-state index in [0.717, 1.165) is 36.8 Å². The molecule has 0 bridgehead atoms. The number of fused-ring (bicyclic) bond motifs is 1. The van der Waals surface area contributed by atoms with Crippen LogP contribution < -0.4 is 0 Å². The van der Waals surface area contributed by atoms with Gasteiger partial charge in [-0.05, 0) is 37.5 Å². The molecule has 0 radical (unpaired) electrons. The van der Waals surface area contributed by atoms with E-state index in [1.54, 1.807) is 11.3 Å². The first kappa shape index (κ1) is 16.1. The highest BCUT2D eigenvalue weighted by molar-refractivity contribution is 7.09. The summed E-state index contributed by atoms with van der Waals surface area (Å²) < 4.78 is 12.3. The molecule has 2 saturated heterocycles. The van der Waals surface area contributed by atoms with Gasteiger partial charge >= 0.3 is 0 Å². The molecular weight excluding hydrogens is 322 g/mol. The van der Waals surface area contributed by atoms with Crippen molar-refractivity contribution in [2.75, 3.05) is 13.2 Å². The second-order valence-electron chi connectivity index (χ2n) is 6.54. The first-order valence-corrected chi connectivity index (χ1v) is 9.45. The summed E-state index contributed by atoms with van der Waals surface area (Å²) >= 11 is 1.67. The van der Waals surface area contributed by atoms with Crippen LogP contribution in [-0.4, -0.2) is 46.3 Å². The molecule has 0 unspecified atom stereocenters. The standard InChI is InChI=1S/C18H23N3O2S/c1-13-20-15(12-24-13)11-23-17-10-21(9-14-4-6-19-7-5-14)16-3-2-8-22-18(16)17/h4-7,12,16-18H,2-3,8-11H2,1H3/t16-,17-,18+/m1/s1. The number of hydrogen-bond donors (Lipinski definition) is 0. The van der Waals surface area contributed by atoms with Gasteiger partial charge in [0.25, 0.3) is 0 Å². The fraction of sp³-hybridized carbons (Fsp3) is 0.556. The Bertz CT molecular complexity index is 663. The number of pyridine rings is 1. The number of aryl methyl sites for hydroxylation is 1. The summed E-state index contributed by atoms with van der Waals surface area (Å²) in [6, 6.07) is 4.63. The third-order valence-corrected chi connectivity index (χ3v) is 5.65. The van der Waals surface area contributed by atoms with Crippen molar-refractivity contribution >= 4 is 11.3 Å². The minimum Gasteiger partial charge on any atom is -0.374 e. The van der Waals surface area contributed by atoms with Crippen LogP contribution in [-0.2, 0) is 22.6 Å². The van der Waals surface area contributed by atoms with Gasteiger partial charge in [-0.1, -0.05) is 0 Å². The molecule has 0 aliphatic carbocycles. The lowest BCUT2D eigenvalue weighted by Crippen LogP contribution is -2.41. The lowest BCUT2D eigenvalue weighted by Gasteiger charge is -2.32. The maximum absolute atomic E-state index is 6.20. The van der Waals surface area contributed by atoms with Gasteiger partial charge in [-0.25, -0.2) is 4.98 Å². The summed E-state index contributed by atoms with van der Waals surface area (Å²) in [5.41, 5.74) is 2.32. The molecule has 0 saturated carbocycles. The Morgan fingerprint density at radius 3 is 3.04 bits per heavy atom. The van der Waals surface area contributed by atoms with Crippen molar-refractivity contribution in [1.29, 1.82) is 0 Å². The minimum atomic E-state index is 0.124. The number of hydrogen-bond acceptors (Lipinski definition) is 6. The molecule has 0 amide bonds. The molecule has 2 aliphatic heterocycles. The van der Waals surface area contributed by atoms with Crippen LogP contribution in [0.25, 0.3) is 0 Å². The Morgan fingerprint density at radius 2 is 2.25 bits per heavy atom. The van der Waals surface area contributed by atoms with Crippen molar-refractivity contribution in [3.8, 4) is 0 Å². The highest BCUT2D eigenvalue weighted by Gasteiger charge is 2.44. The van der Waals surface area contributed by atoms with Crippen LogP contribution in [0.4, 0.5) is 0 Å². The predicted molar refractivity (Wildman–Crippen MR) is 92.8 cm³/mol. The molecule has 0 spiro atoms. The van der Waals surface area contributed by atoms with Gasteiger partial charge in [-0.3, -0.25) is 9.88 Å². The maximum Gasteiger partial charge on any atom is 0.100 e. The van der Waals surface area contributed by atoms with Crippen LogP contribution in [0.2, 0.25) is 0 Å². The number of thiazole rings is 1. The Morgan fingerprint density at radius 1 is 1.38 bits per heavy atom. The van der Waals surface area contributed by atoms with Crippen molar-refractivity contribution < 1.29 is 9.47 Å². The molecule has 128 valence electrons. The van der Waals surface area contributed by atoms with Gasteiger partial charge in [0.15, 0.2) is 0 Å². The van der Waals surface area contributed by atoms with E-state index in [1.165, 1.54) is 12.0 Å². The molecule has 0 N–H and O–H groups in total. The summed E-state index contributed by atoms with van der Waals surface area (Å²) in [5.74, 6) is 0. The molecule has 2 aromatic heterocycles. The SMILES string of the molecule is Cc1nc(CO[C@@H]2CN(Cc3ccncc3)[C@@H]3CCCO[C@@H]32)cs1. The average molecular weight is 345 g/mol. The molecule has 2 aliphatic rings. The lowest BCUT2D eigenvalue weighted by atomic mass is 10.0. The Labute approximate surface area is 146 Å². The van der Waals surface area contributed by atoms with Crippen LogP contribution in [0.5, 0.6) is 0 Å². The number of ether oxygens (including phenoxy) is 2. The van der Waals surface area contributed by atoms with E-state index < -0.39 is 0 Å². The number of likely N-dealkylation sites (tertiary alicyclic amines) is 1. The summed E-state index contributed by atoms with van der Waals surface area (Å²) in [6.45, 7) is 5.30. The van der Waals surface area contributed by atoms with Crippen LogP contribution >= 0.6 is 11.3 Å². The molecule has 24 heavy (non-hydrogen) atoms. The molecule has 3 atom stereocenters. The molecule has 4 rings (SSSR count). The van der Waals surface area contributed by atoms with Gasteiger partial charge < -0.3 is 9.47 Å². The van der Waals surface area contributed by atoms with E-state index in [1.807, 2.05) is 19.3 Å². The fourth-order valence-corrected chi connectivity index (χ4v) is 4.32. The first-order chi connectivity index (χ1) is 11.8. The van der Waals surface area contributed by atoms with E-state index >= 15 is 0 Å². The van der Waals surface area contributed by atoms with Crippen molar-refractivity contribution in [2.24, 2.45) is 0 Å². The third kappa shape index (κ3) is 3.52. The zero-order chi connectivity index (χ0) is 16.4. The number of rotatable bonds is 5. The van der Waals surface area contributed by atoms with Crippen LogP contribution in [0.1, 0.15) is 29.1 Å². The fourth-order valence-electron chi connectivity index (χ4n) is 3.72. The molecule has 2 aromatic rings. The highest BCUT2D eigenvalue weighted by Crippen LogP contribution is 2.32. The molecule has 2 fully saturated rings. The van der Waals surface area contributed by atoms with Gasteiger partial charge in [0.2, 0.25) is 0 Å². The first-order valence-electron chi connectivity index (χ1n) is 8.57. The van der Waals surface area contributed by atoms with Crippen molar-refractivity contribution in [3.05, 3.63) is 46.2 Å². The molecule has 6 heteroatoms. The third-order valence-electron chi connectivity index (χ3n) is 4.83. The van der Waals surface area contributed by atoms with Gasteiger partial charge in [-0.15, -0.1) is 11.3 Å². The van der Waals surface area contributed by atoms with Gasteiger partial charge in [-0.2, -0.15) is 0 Å². The molecule has 0 aromatic carbocycles. The normalized spacial score (nSPS) is 27.3. The zero-order valence-corrected chi connectivity index (χ0v) is 14.7. The molecule has 5 nitrogen and oxygen atoms in total. The largest absolute Gasteiger partial charge is 0.374 e. The summed E-state index contributed by atoms with van der Waals surface area (Å²) in [7, 11) is 0. The minimum absolute atomic E-state index is 0.124. The van der Waals surface area contributed by atoms with E-state index in [9.17, 15) is 0 Å². The van der Waals surface area contributed by atoms with Gasteiger partial charge in [0.1, 0.15) is 6.10 Å². The summed E-state index contributed by atoms with van der Waals surface area (Å²) in [5, 5.41) is 3.17. The predicted octanol–water partition coefficient (Wildman–Crippen LogP) is 2.80. The Kier molecular flexibility index (Phi) is 4.89. The monoisotopic (exact) mass is 345 g/mol. The molecule has 4 heterocycles. The Hall–Kier alpha value is -1.34. The van der Waals surface area contributed by atoms with E-state index in [2.05, 4.69) is 32.4 Å². The van der Waals surface area contributed by atoms with Crippen LogP contribution in [0, 0.1) is 6.92 Å². The van der Waals surface area contributed by atoms with Crippen molar-refractivity contribution in [3.63, 3.8) is 0 Å². The summed E-state index contributed by atoms with van der Waals surface area (Å²) in [4.78, 5) is 11.1. The summed E-state index contributed by atoms with van der Waals surface area (Å²) in [6.07, 6.45) is 6.34. The Balaban J connectivity index is 1.42. The lowest BCUT2D eigenvalue weighted by molar-refractivity contribution is -0.0823. The van der Waals surface area contributed by atoms with Crippen LogP contribution in [0.15, 0.2) is 29.9 Å². The number of nitrogens with zero attached hydrogens (tertiary/aromatic N) is 3.